The minimum Gasteiger partial charge on any atom is -0.497 e. The van der Waals surface area contributed by atoms with Gasteiger partial charge in [-0.25, -0.2) is 4.79 Å². The molecule has 0 radical (unpaired) electrons. The van der Waals surface area contributed by atoms with Crippen LogP contribution in [0.25, 0.3) is 0 Å². The predicted octanol–water partition coefficient (Wildman–Crippen LogP) is 3.92. The van der Waals surface area contributed by atoms with Crippen LogP contribution in [0.1, 0.15) is 45.6 Å². The lowest BCUT2D eigenvalue weighted by molar-refractivity contribution is 0.00748. The van der Waals surface area contributed by atoms with Crippen molar-refractivity contribution in [3.05, 3.63) is 42.0 Å². The molecule has 1 heterocycles. The number of nitrogens with zero attached hydrogens (tertiary/aromatic N) is 1. The van der Waals surface area contributed by atoms with Gasteiger partial charge in [-0.15, -0.1) is 0 Å². The van der Waals surface area contributed by atoms with Crippen LogP contribution in [0.5, 0.6) is 5.75 Å². The molecule has 156 valence electrons. The summed E-state index contributed by atoms with van der Waals surface area (Å²) in [6, 6.07) is 7.48. The summed E-state index contributed by atoms with van der Waals surface area (Å²) in [7, 11) is 1.65. The first-order valence-corrected chi connectivity index (χ1v) is 9.85. The van der Waals surface area contributed by atoms with Crippen molar-refractivity contribution in [2.24, 2.45) is 0 Å². The quantitative estimate of drug-likeness (QED) is 0.510. The van der Waals surface area contributed by atoms with Crippen molar-refractivity contribution in [2.75, 3.05) is 20.3 Å². The topological polar surface area (TPSA) is 68.2 Å². The van der Waals surface area contributed by atoms with Crippen molar-refractivity contribution in [2.45, 2.75) is 64.4 Å². The van der Waals surface area contributed by atoms with E-state index in [9.17, 15) is 9.90 Å². The highest BCUT2D eigenvalue weighted by molar-refractivity contribution is 5.70. The summed E-state index contributed by atoms with van der Waals surface area (Å²) in [5.74, 6) is 0.833. The Kier molecular flexibility index (Phi) is 8.33. The molecule has 0 aromatic heterocycles. The molecular formula is C22H33NO5. The number of hydrogen-bond acceptors (Lipinski definition) is 5. The molecule has 1 aromatic carbocycles. The third-order valence-electron chi connectivity index (χ3n) is 4.48. The molecule has 2 atom stereocenters. The summed E-state index contributed by atoms with van der Waals surface area (Å²) in [6.45, 7) is 7.18. The van der Waals surface area contributed by atoms with Gasteiger partial charge < -0.3 is 19.3 Å². The molecule has 28 heavy (non-hydrogen) atoms. The third kappa shape index (κ3) is 7.17. The highest BCUT2D eigenvalue weighted by Gasteiger charge is 2.33. The normalized spacial score (nSPS) is 17.6. The van der Waals surface area contributed by atoms with Gasteiger partial charge in [0.1, 0.15) is 11.4 Å². The van der Waals surface area contributed by atoms with Crippen LogP contribution in [0.15, 0.2) is 36.4 Å². The highest BCUT2D eigenvalue weighted by Crippen LogP contribution is 2.21. The lowest BCUT2D eigenvalue weighted by atomic mass is 10.0. The smallest absolute Gasteiger partial charge is 0.411 e. The average Bonchev–Trinajstić information content (AvgIpc) is 3.13. The molecule has 6 heteroatoms. The monoisotopic (exact) mass is 391 g/mol. The first-order valence-electron chi connectivity index (χ1n) is 9.85. The van der Waals surface area contributed by atoms with Gasteiger partial charge in [-0.3, -0.25) is 4.90 Å². The number of hydrogen-bond donors (Lipinski definition) is 1. The fourth-order valence-electron chi connectivity index (χ4n) is 3.03. The molecule has 0 aliphatic carbocycles. The minimum atomic E-state index is -0.604. The maximum Gasteiger partial charge on any atom is 0.411 e. The van der Waals surface area contributed by atoms with Crippen molar-refractivity contribution >= 4 is 6.09 Å². The van der Waals surface area contributed by atoms with Crippen molar-refractivity contribution < 1.29 is 24.1 Å². The summed E-state index contributed by atoms with van der Waals surface area (Å²) in [6.07, 6.45) is 5.09. The summed E-state index contributed by atoms with van der Waals surface area (Å²) in [4.78, 5) is 13.9. The van der Waals surface area contributed by atoms with Gasteiger partial charge in [-0.05, 0) is 57.7 Å². The van der Waals surface area contributed by atoms with Crippen molar-refractivity contribution in [3.63, 3.8) is 0 Å². The first kappa shape index (κ1) is 22.2. The summed E-state index contributed by atoms with van der Waals surface area (Å²) in [5.41, 5.74) is 0.557. The number of unbranched alkanes of at least 4 members (excludes halogenated alkanes) is 1. The summed E-state index contributed by atoms with van der Waals surface area (Å²) in [5, 5.41) is 10.5. The Bertz CT molecular complexity index is 635. The van der Waals surface area contributed by atoms with E-state index >= 15 is 0 Å². The van der Waals surface area contributed by atoms with E-state index in [2.05, 4.69) is 0 Å². The maximum absolute atomic E-state index is 12.3. The summed E-state index contributed by atoms with van der Waals surface area (Å²) < 4.78 is 16.3. The largest absolute Gasteiger partial charge is 0.497 e. The van der Waals surface area contributed by atoms with Gasteiger partial charge in [-0.1, -0.05) is 24.3 Å². The molecule has 1 aliphatic heterocycles. The Morgan fingerprint density at radius 1 is 1.25 bits per heavy atom. The fourth-order valence-corrected chi connectivity index (χ4v) is 3.03. The van der Waals surface area contributed by atoms with Gasteiger partial charge in [0.2, 0.25) is 0 Å². The van der Waals surface area contributed by atoms with Gasteiger partial charge in [0.25, 0.3) is 0 Å². The van der Waals surface area contributed by atoms with Gasteiger partial charge in [0.15, 0.2) is 0 Å². The first-order chi connectivity index (χ1) is 13.3. The standard InChI is InChI=1S/C22H33NO5/c1-22(2,3)28-21(25)23-14-7-8-19(23)20(24)9-5-6-15-27-16-17-10-12-18(26-4)13-11-17/h7-8,10-13,19-20,24H,5-6,9,14-16H2,1-4H3/t19-,20-/m0/s1. The van der Waals surface area contributed by atoms with E-state index in [4.69, 9.17) is 14.2 Å². The van der Waals surface area contributed by atoms with E-state index in [0.29, 0.717) is 26.2 Å². The third-order valence-corrected chi connectivity index (χ3v) is 4.48. The Morgan fingerprint density at radius 2 is 1.96 bits per heavy atom. The fraction of sp³-hybridized carbons (Fsp3) is 0.591. The van der Waals surface area contributed by atoms with E-state index < -0.39 is 11.7 Å². The molecule has 2 rings (SSSR count). The number of methoxy groups -OCH3 is 1. The zero-order valence-corrected chi connectivity index (χ0v) is 17.4. The Balaban J connectivity index is 1.65. The van der Waals surface area contributed by atoms with Crippen LogP contribution in [-0.4, -0.2) is 54.1 Å². The van der Waals surface area contributed by atoms with Crippen LogP contribution in [0.3, 0.4) is 0 Å². The van der Waals surface area contributed by atoms with E-state index in [1.165, 1.54) is 0 Å². The molecule has 1 aromatic rings. The maximum atomic E-state index is 12.3. The number of aliphatic hydroxyl groups is 1. The number of ether oxygens (including phenoxy) is 3. The molecule has 0 unspecified atom stereocenters. The van der Waals surface area contributed by atoms with Crippen LogP contribution < -0.4 is 4.74 Å². The van der Waals surface area contributed by atoms with Crippen LogP contribution in [0, 0.1) is 0 Å². The average molecular weight is 392 g/mol. The second-order valence-corrected chi connectivity index (χ2v) is 8.02. The van der Waals surface area contributed by atoms with Gasteiger partial charge >= 0.3 is 6.09 Å². The highest BCUT2D eigenvalue weighted by atomic mass is 16.6. The van der Waals surface area contributed by atoms with Gasteiger partial charge in [0, 0.05) is 13.2 Å². The Hall–Kier alpha value is -2.05. The SMILES string of the molecule is COc1ccc(COCCCC[C@H](O)[C@@H]2C=CCN2C(=O)OC(C)(C)C)cc1. The number of rotatable bonds is 9. The van der Waals surface area contributed by atoms with E-state index in [-0.39, 0.29) is 12.1 Å². The zero-order chi connectivity index (χ0) is 20.6. The Labute approximate surface area is 168 Å². The molecule has 0 spiro atoms. The van der Waals surface area contributed by atoms with E-state index in [1.807, 2.05) is 57.2 Å². The van der Waals surface area contributed by atoms with Crippen molar-refractivity contribution in [3.8, 4) is 5.75 Å². The van der Waals surface area contributed by atoms with Crippen LogP contribution in [0.4, 0.5) is 4.79 Å². The molecule has 1 aliphatic rings. The number of benzene rings is 1. The second kappa shape index (κ2) is 10.5. The lowest BCUT2D eigenvalue weighted by Crippen LogP contribution is -2.45. The number of carbonyl (C=O) groups excluding carboxylic acids is 1. The Morgan fingerprint density at radius 3 is 2.61 bits per heavy atom. The molecule has 1 N–H and O–H groups in total. The van der Waals surface area contributed by atoms with Crippen molar-refractivity contribution in [1.29, 1.82) is 0 Å². The van der Waals surface area contributed by atoms with Crippen LogP contribution >= 0.6 is 0 Å². The van der Waals surface area contributed by atoms with E-state index in [0.717, 1.165) is 24.2 Å². The number of aliphatic hydroxyl groups excluding tert-OH is 1. The van der Waals surface area contributed by atoms with E-state index in [1.54, 1.807) is 12.0 Å². The molecular weight excluding hydrogens is 358 g/mol. The van der Waals surface area contributed by atoms with Gasteiger partial charge in [0.05, 0.1) is 25.9 Å². The number of amides is 1. The molecule has 0 bridgehead atoms. The molecule has 0 saturated heterocycles. The molecule has 0 fully saturated rings. The van der Waals surface area contributed by atoms with Crippen LogP contribution in [-0.2, 0) is 16.1 Å². The van der Waals surface area contributed by atoms with Gasteiger partial charge in [-0.2, -0.15) is 0 Å². The van der Waals surface area contributed by atoms with Crippen LogP contribution in [0.2, 0.25) is 0 Å². The molecule has 1 amide bonds. The minimum absolute atomic E-state index is 0.324. The number of carbonyl (C=O) groups is 1. The molecule has 0 saturated carbocycles. The van der Waals surface area contributed by atoms with Crippen molar-refractivity contribution in [1.82, 2.24) is 4.90 Å². The second-order valence-electron chi connectivity index (χ2n) is 8.02. The lowest BCUT2D eigenvalue weighted by Gasteiger charge is -2.31. The summed E-state index contributed by atoms with van der Waals surface area (Å²) >= 11 is 0. The zero-order valence-electron chi connectivity index (χ0n) is 17.4. The predicted molar refractivity (Wildman–Crippen MR) is 108 cm³/mol. The molecule has 6 nitrogen and oxygen atoms in total.